The fraction of sp³-hybridized carbons (Fsp3) is 0.500. The molecule has 0 bridgehead atoms. The number of hydrogen-bond acceptors (Lipinski definition) is 3. The molecule has 1 N–H and O–H groups in total. The summed E-state index contributed by atoms with van der Waals surface area (Å²) in [6, 6.07) is 8.16. The van der Waals surface area contributed by atoms with Crippen molar-refractivity contribution in [2.45, 2.75) is 26.3 Å². The van der Waals surface area contributed by atoms with Gasteiger partial charge in [0, 0.05) is 11.9 Å². The number of nitrogens with zero attached hydrogens (tertiary/aromatic N) is 1. The number of rotatable bonds is 7. The maximum absolute atomic E-state index is 6.17. The third-order valence-corrected chi connectivity index (χ3v) is 4.13. The second-order valence-electron chi connectivity index (χ2n) is 4.96. The van der Waals surface area contributed by atoms with Crippen LogP contribution in [0.1, 0.15) is 32.1 Å². The summed E-state index contributed by atoms with van der Waals surface area (Å²) in [4.78, 5) is 2.42. The van der Waals surface area contributed by atoms with Gasteiger partial charge in [0.2, 0.25) is 0 Å². The van der Waals surface area contributed by atoms with Crippen LogP contribution in [0.3, 0.4) is 0 Å². The Balaban J connectivity index is 2.15. The molecule has 4 heteroatoms. The number of hydrogen-bond donors (Lipinski definition) is 1. The van der Waals surface area contributed by atoms with Crippen molar-refractivity contribution in [2.24, 2.45) is 0 Å². The lowest BCUT2D eigenvalue weighted by atomic mass is 10.1. The fourth-order valence-corrected chi connectivity index (χ4v) is 2.72. The van der Waals surface area contributed by atoms with Crippen LogP contribution >= 0.6 is 11.6 Å². The molecule has 0 amide bonds. The van der Waals surface area contributed by atoms with Crippen molar-refractivity contribution in [2.75, 3.05) is 26.7 Å². The van der Waals surface area contributed by atoms with Gasteiger partial charge in [-0.1, -0.05) is 37.6 Å². The van der Waals surface area contributed by atoms with Gasteiger partial charge in [0.25, 0.3) is 0 Å². The van der Waals surface area contributed by atoms with Crippen molar-refractivity contribution in [3.63, 3.8) is 0 Å². The Hall–Kier alpha value is -1.03. The highest BCUT2D eigenvalue weighted by atomic mass is 35.5. The standard InChI is InChI=1S/C16H23ClN2O/c1-4-19(5-2)10-9-14(18-3)15-11-12-7-6-8-13(17)16(12)20-15/h6-8,11,14,18H,4-5,9-10H2,1-3H3. The van der Waals surface area contributed by atoms with E-state index in [-0.39, 0.29) is 6.04 Å². The average molecular weight is 295 g/mol. The van der Waals surface area contributed by atoms with Gasteiger partial charge in [-0.05, 0) is 38.7 Å². The first kappa shape index (κ1) is 15.4. The summed E-state index contributed by atoms with van der Waals surface area (Å²) in [5.41, 5.74) is 0.784. The number of fused-ring (bicyclic) bond motifs is 1. The third-order valence-electron chi connectivity index (χ3n) is 3.84. The van der Waals surface area contributed by atoms with Crippen molar-refractivity contribution in [1.82, 2.24) is 10.2 Å². The minimum absolute atomic E-state index is 0.221. The van der Waals surface area contributed by atoms with E-state index in [1.54, 1.807) is 0 Å². The Morgan fingerprint density at radius 1 is 1.30 bits per heavy atom. The second-order valence-corrected chi connectivity index (χ2v) is 5.37. The van der Waals surface area contributed by atoms with Crippen LogP contribution in [-0.2, 0) is 0 Å². The van der Waals surface area contributed by atoms with Gasteiger partial charge in [-0.25, -0.2) is 0 Å². The summed E-state index contributed by atoms with van der Waals surface area (Å²) < 4.78 is 5.94. The quantitative estimate of drug-likeness (QED) is 0.834. The monoisotopic (exact) mass is 294 g/mol. The van der Waals surface area contributed by atoms with Gasteiger partial charge in [-0.15, -0.1) is 0 Å². The minimum atomic E-state index is 0.221. The molecule has 1 unspecified atom stereocenters. The highest BCUT2D eigenvalue weighted by Gasteiger charge is 2.16. The van der Waals surface area contributed by atoms with Crippen LogP contribution in [-0.4, -0.2) is 31.6 Å². The molecule has 1 aromatic heterocycles. The molecule has 20 heavy (non-hydrogen) atoms. The van der Waals surface area contributed by atoms with Crippen LogP contribution < -0.4 is 5.32 Å². The summed E-state index contributed by atoms with van der Waals surface area (Å²) in [6.45, 7) is 7.61. The predicted molar refractivity (Wildman–Crippen MR) is 85.4 cm³/mol. The third kappa shape index (κ3) is 3.35. The summed E-state index contributed by atoms with van der Waals surface area (Å²) in [5.74, 6) is 0.961. The van der Waals surface area contributed by atoms with E-state index in [2.05, 4.69) is 30.1 Å². The number of halogens is 1. The molecule has 0 saturated heterocycles. The Bertz CT molecular complexity index is 548. The molecule has 0 aliphatic carbocycles. The SMILES string of the molecule is CCN(CC)CCC(NC)c1cc2cccc(Cl)c2o1. The van der Waals surface area contributed by atoms with Gasteiger partial charge < -0.3 is 14.6 Å². The van der Waals surface area contributed by atoms with Gasteiger partial charge in [-0.3, -0.25) is 0 Å². The second kappa shape index (κ2) is 7.11. The molecular weight excluding hydrogens is 272 g/mol. The van der Waals surface area contributed by atoms with Crippen molar-refractivity contribution in [3.05, 3.63) is 35.0 Å². The molecule has 110 valence electrons. The van der Waals surface area contributed by atoms with E-state index in [0.29, 0.717) is 5.02 Å². The maximum Gasteiger partial charge on any atom is 0.152 e. The van der Waals surface area contributed by atoms with Crippen molar-refractivity contribution in [1.29, 1.82) is 0 Å². The minimum Gasteiger partial charge on any atom is -0.458 e. The lowest BCUT2D eigenvalue weighted by Gasteiger charge is -2.21. The van der Waals surface area contributed by atoms with Crippen LogP contribution in [0, 0.1) is 0 Å². The van der Waals surface area contributed by atoms with Crippen molar-refractivity contribution >= 4 is 22.6 Å². The van der Waals surface area contributed by atoms with E-state index in [0.717, 1.165) is 42.8 Å². The van der Waals surface area contributed by atoms with E-state index in [1.807, 2.05) is 25.2 Å². The molecular formula is C16H23ClN2O. The molecule has 2 aromatic rings. The van der Waals surface area contributed by atoms with Crippen LogP contribution in [0.4, 0.5) is 0 Å². The predicted octanol–water partition coefficient (Wildman–Crippen LogP) is 4.08. The molecule has 2 rings (SSSR count). The van der Waals surface area contributed by atoms with E-state index in [4.69, 9.17) is 16.0 Å². The molecule has 0 spiro atoms. The van der Waals surface area contributed by atoms with Crippen molar-refractivity contribution < 1.29 is 4.42 Å². The molecule has 0 radical (unpaired) electrons. The molecule has 1 heterocycles. The zero-order chi connectivity index (χ0) is 14.5. The van der Waals surface area contributed by atoms with Gasteiger partial charge in [0.1, 0.15) is 5.76 Å². The van der Waals surface area contributed by atoms with Crippen LogP contribution in [0.2, 0.25) is 5.02 Å². The van der Waals surface area contributed by atoms with E-state index in [1.165, 1.54) is 0 Å². The molecule has 0 aliphatic rings. The van der Waals surface area contributed by atoms with E-state index < -0.39 is 0 Å². The molecule has 0 fully saturated rings. The Kier molecular flexibility index (Phi) is 5.46. The molecule has 3 nitrogen and oxygen atoms in total. The number of para-hydroxylation sites is 1. The first-order valence-corrected chi connectivity index (χ1v) is 7.65. The van der Waals surface area contributed by atoms with Gasteiger partial charge in [0.05, 0.1) is 11.1 Å². The molecule has 0 aliphatic heterocycles. The Morgan fingerprint density at radius 3 is 2.65 bits per heavy atom. The lowest BCUT2D eigenvalue weighted by Crippen LogP contribution is -2.28. The molecule has 1 atom stereocenters. The van der Waals surface area contributed by atoms with Gasteiger partial charge >= 0.3 is 0 Å². The number of nitrogens with one attached hydrogen (secondary N) is 1. The zero-order valence-corrected chi connectivity index (χ0v) is 13.2. The first-order valence-electron chi connectivity index (χ1n) is 7.27. The summed E-state index contributed by atoms with van der Waals surface area (Å²) in [7, 11) is 1.97. The summed E-state index contributed by atoms with van der Waals surface area (Å²) in [5, 5.41) is 5.08. The van der Waals surface area contributed by atoms with Crippen LogP contribution in [0.5, 0.6) is 0 Å². The largest absolute Gasteiger partial charge is 0.458 e. The lowest BCUT2D eigenvalue weighted by molar-refractivity contribution is 0.277. The van der Waals surface area contributed by atoms with Crippen molar-refractivity contribution in [3.8, 4) is 0 Å². The molecule has 1 aromatic carbocycles. The van der Waals surface area contributed by atoms with Gasteiger partial charge in [-0.2, -0.15) is 0 Å². The normalized spacial score (nSPS) is 13.2. The Labute approximate surface area is 125 Å². The Morgan fingerprint density at radius 2 is 2.05 bits per heavy atom. The maximum atomic E-state index is 6.17. The first-order chi connectivity index (χ1) is 9.69. The smallest absolute Gasteiger partial charge is 0.152 e. The van der Waals surface area contributed by atoms with Crippen LogP contribution in [0.25, 0.3) is 11.0 Å². The fourth-order valence-electron chi connectivity index (χ4n) is 2.50. The topological polar surface area (TPSA) is 28.4 Å². The van der Waals surface area contributed by atoms with Gasteiger partial charge in [0.15, 0.2) is 5.58 Å². The molecule has 0 saturated carbocycles. The number of furan rings is 1. The average Bonchev–Trinajstić information content (AvgIpc) is 2.89. The van der Waals surface area contributed by atoms with Crippen LogP contribution in [0.15, 0.2) is 28.7 Å². The van der Waals surface area contributed by atoms with E-state index in [9.17, 15) is 0 Å². The zero-order valence-electron chi connectivity index (χ0n) is 12.4. The summed E-state index contributed by atoms with van der Waals surface area (Å²) >= 11 is 6.17. The number of benzene rings is 1. The highest BCUT2D eigenvalue weighted by Crippen LogP contribution is 2.30. The highest BCUT2D eigenvalue weighted by molar-refractivity contribution is 6.34. The van der Waals surface area contributed by atoms with E-state index >= 15 is 0 Å². The summed E-state index contributed by atoms with van der Waals surface area (Å²) in [6.07, 6.45) is 1.02.